The molecule has 0 fully saturated rings. The quantitative estimate of drug-likeness (QED) is 0.420. The van der Waals surface area contributed by atoms with E-state index in [1.54, 1.807) is 6.92 Å². The molecule has 4 heteroatoms. The Bertz CT molecular complexity index is 131. The average molecular weight is 128 g/mol. The van der Waals surface area contributed by atoms with Crippen molar-refractivity contribution in [2.24, 2.45) is 4.99 Å². The first-order valence-electron chi connectivity index (χ1n) is 2.57. The van der Waals surface area contributed by atoms with Crippen molar-refractivity contribution in [2.75, 3.05) is 6.54 Å². The molecule has 0 spiro atoms. The highest BCUT2D eigenvalue weighted by Crippen LogP contribution is 1.68. The second-order valence-electron chi connectivity index (χ2n) is 1.25. The Morgan fingerprint density at radius 3 is 2.89 bits per heavy atom. The summed E-state index contributed by atoms with van der Waals surface area (Å²) in [5.74, 6) is 0. The van der Waals surface area contributed by atoms with Crippen LogP contribution in [0.2, 0.25) is 0 Å². The number of aldehydes is 1. The number of aliphatic imine (C=N–C) groups is 1. The Hall–Kier alpha value is -1.19. The number of hydrogen-bond donors (Lipinski definition) is 1. The van der Waals surface area contributed by atoms with Gasteiger partial charge in [0.1, 0.15) is 0 Å². The molecular weight excluding hydrogens is 120 g/mol. The molecule has 0 aliphatic heterocycles. The summed E-state index contributed by atoms with van der Waals surface area (Å²) >= 11 is 0. The zero-order valence-electron chi connectivity index (χ0n) is 5.13. The molecule has 0 radical (unpaired) electrons. The summed E-state index contributed by atoms with van der Waals surface area (Å²) in [7, 11) is 0. The molecule has 0 saturated heterocycles. The van der Waals surface area contributed by atoms with Gasteiger partial charge in [0.25, 0.3) is 0 Å². The Morgan fingerprint density at radius 2 is 2.44 bits per heavy atom. The smallest absolute Gasteiger partial charge is 0.337 e. The minimum Gasteiger partial charge on any atom is -0.337 e. The molecule has 4 nitrogen and oxygen atoms in total. The fourth-order valence-corrected chi connectivity index (χ4v) is 0.295. The molecule has 50 valence electrons. The average Bonchev–Trinajstić information content (AvgIpc) is 1.85. The van der Waals surface area contributed by atoms with Gasteiger partial charge in [0.15, 0.2) is 6.29 Å². The first-order chi connectivity index (χ1) is 4.31. The summed E-state index contributed by atoms with van der Waals surface area (Å²) in [4.78, 5) is 23.1. The normalized spacial score (nSPS) is 9.44. The van der Waals surface area contributed by atoms with Gasteiger partial charge in [-0.3, -0.25) is 4.79 Å². The van der Waals surface area contributed by atoms with Crippen molar-refractivity contribution in [3.63, 3.8) is 0 Å². The summed E-state index contributed by atoms with van der Waals surface area (Å²) in [5.41, 5.74) is 0. The molecule has 0 heterocycles. The van der Waals surface area contributed by atoms with E-state index in [1.807, 2.05) is 0 Å². The topological polar surface area (TPSA) is 58.5 Å². The van der Waals surface area contributed by atoms with Gasteiger partial charge in [-0.25, -0.2) is 4.79 Å². The van der Waals surface area contributed by atoms with Crippen molar-refractivity contribution < 1.29 is 9.59 Å². The minimum atomic E-state index is -0.482. The number of hydrogen-bond acceptors (Lipinski definition) is 2. The molecule has 0 aromatic heterocycles. The van der Waals surface area contributed by atoms with E-state index in [1.165, 1.54) is 0 Å². The minimum absolute atomic E-state index is 0.454. The lowest BCUT2D eigenvalue weighted by Gasteiger charge is -1.90. The van der Waals surface area contributed by atoms with Crippen LogP contribution >= 0.6 is 0 Å². The second kappa shape index (κ2) is 4.96. The molecule has 2 amide bonds. The lowest BCUT2D eigenvalue weighted by molar-refractivity contribution is -0.102. The van der Waals surface area contributed by atoms with Crippen molar-refractivity contribution in [3.05, 3.63) is 0 Å². The van der Waals surface area contributed by atoms with Crippen LogP contribution in [0.4, 0.5) is 4.79 Å². The van der Waals surface area contributed by atoms with Gasteiger partial charge in [-0.2, -0.15) is 4.99 Å². The molecule has 1 N–H and O–H groups in total. The molecule has 0 aromatic rings. The molecule has 0 aliphatic carbocycles. The summed E-state index contributed by atoms with van der Waals surface area (Å²) in [6.07, 6.45) is 1.36. The van der Waals surface area contributed by atoms with Crippen molar-refractivity contribution in [1.82, 2.24) is 5.32 Å². The summed E-state index contributed by atoms with van der Waals surface area (Å²) in [5, 5.41) is 2.38. The van der Waals surface area contributed by atoms with Crippen molar-refractivity contribution in [2.45, 2.75) is 6.92 Å². The van der Waals surface area contributed by atoms with Gasteiger partial charge < -0.3 is 5.32 Å². The SMILES string of the molecule is CCNC(=O)N=CC=O. The molecule has 0 aliphatic rings. The van der Waals surface area contributed by atoms with Crippen molar-refractivity contribution >= 4 is 18.5 Å². The number of urea groups is 1. The highest BCUT2D eigenvalue weighted by atomic mass is 16.2. The Morgan fingerprint density at radius 1 is 1.78 bits per heavy atom. The summed E-state index contributed by atoms with van der Waals surface area (Å²) < 4.78 is 0. The molecule has 0 unspecified atom stereocenters. The van der Waals surface area contributed by atoms with E-state index in [0.29, 0.717) is 12.8 Å². The first-order valence-corrected chi connectivity index (χ1v) is 2.57. The summed E-state index contributed by atoms with van der Waals surface area (Å²) in [6.45, 7) is 2.30. The van der Waals surface area contributed by atoms with Crippen LogP contribution in [-0.2, 0) is 4.79 Å². The number of amides is 2. The number of rotatable bonds is 2. The Labute approximate surface area is 53.0 Å². The zero-order chi connectivity index (χ0) is 7.11. The van der Waals surface area contributed by atoms with Gasteiger partial charge in [-0.15, -0.1) is 0 Å². The maximum Gasteiger partial charge on any atom is 0.340 e. The third kappa shape index (κ3) is 4.67. The monoisotopic (exact) mass is 128 g/mol. The number of nitrogens with one attached hydrogen (secondary N) is 1. The van der Waals surface area contributed by atoms with Gasteiger partial charge in [0.05, 0.1) is 6.21 Å². The van der Waals surface area contributed by atoms with E-state index >= 15 is 0 Å². The van der Waals surface area contributed by atoms with E-state index in [9.17, 15) is 9.59 Å². The fraction of sp³-hybridized carbons (Fsp3) is 0.400. The first kappa shape index (κ1) is 7.81. The number of carbonyl (C=O) groups is 2. The number of nitrogens with zero attached hydrogens (tertiary/aromatic N) is 1. The van der Waals surface area contributed by atoms with E-state index in [2.05, 4.69) is 10.3 Å². The molecule has 0 bridgehead atoms. The van der Waals surface area contributed by atoms with Crippen LogP contribution < -0.4 is 5.32 Å². The van der Waals surface area contributed by atoms with E-state index in [-0.39, 0.29) is 0 Å². The predicted molar refractivity (Wildman–Crippen MR) is 33.6 cm³/mol. The Kier molecular flexibility index (Phi) is 4.30. The third-order valence-electron chi connectivity index (χ3n) is 0.581. The van der Waals surface area contributed by atoms with Crippen LogP contribution in [0.1, 0.15) is 6.92 Å². The lowest BCUT2D eigenvalue weighted by atomic mass is 10.7. The largest absolute Gasteiger partial charge is 0.340 e. The van der Waals surface area contributed by atoms with Crippen LogP contribution in [0.15, 0.2) is 4.99 Å². The molecular formula is C5H8N2O2. The fourth-order valence-electron chi connectivity index (χ4n) is 0.295. The zero-order valence-corrected chi connectivity index (χ0v) is 5.13. The lowest BCUT2D eigenvalue weighted by Crippen LogP contribution is -2.18. The maximum atomic E-state index is 10.3. The van der Waals surface area contributed by atoms with Gasteiger partial charge >= 0.3 is 6.03 Å². The molecule has 0 rings (SSSR count). The van der Waals surface area contributed by atoms with E-state index in [4.69, 9.17) is 0 Å². The van der Waals surface area contributed by atoms with Crippen molar-refractivity contribution in [3.8, 4) is 0 Å². The van der Waals surface area contributed by atoms with Crippen LogP contribution in [0.5, 0.6) is 0 Å². The standard InChI is InChI=1S/C5H8N2O2/c1-2-6-5(9)7-3-4-8/h3-4H,2H2,1H3,(H,6,9). The highest BCUT2D eigenvalue weighted by Gasteiger charge is 1.88. The van der Waals surface area contributed by atoms with Gasteiger partial charge in [-0.1, -0.05) is 0 Å². The molecule has 0 atom stereocenters. The third-order valence-corrected chi connectivity index (χ3v) is 0.581. The Balaban J connectivity index is 3.49. The van der Waals surface area contributed by atoms with E-state index < -0.39 is 6.03 Å². The number of carbonyl (C=O) groups excluding carboxylic acids is 2. The van der Waals surface area contributed by atoms with Crippen LogP contribution in [0, 0.1) is 0 Å². The van der Waals surface area contributed by atoms with Crippen LogP contribution in [0.25, 0.3) is 0 Å². The van der Waals surface area contributed by atoms with E-state index in [0.717, 1.165) is 6.21 Å². The van der Waals surface area contributed by atoms with Gasteiger partial charge in [0.2, 0.25) is 0 Å². The molecule has 0 saturated carbocycles. The van der Waals surface area contributed by atoms with Crippen LogP contribution in [0.3, 0.4) is 0 Å². The molecule has 9 heavy (non-hydrogen) atoms. The maximum absolute atomic E-state index is 10.3. The molecule has 0 aromatic carbocycles. The van der Waals surface area contributed by atoms with Crippen molar-refractivity contribution in [1.29, 1.82) is 0 Å². The van der Waals surface area contributed by atoms with Gasteiger partial charge in [0, 0.05) is 6.54 Å². The second-order valence-corrected chi connectivity index (χ2v) is 1.25. The predicted octanol–water partition coefficient (Wildman–Crippen LogP) is -0.0144. The van der Waals surface area contributed by atoms with Gasteiger partial charge in [-0.05, 0) is 6.92 Å². The summed E-state index contributed by atoms with van der Waals surface area (Å²) in [6, 6.07) is -0.482. The van der Waals surface area contributed by atoms with Crippen LogP contribution in [-0.4, -0.2) is 25.1 Å². The highest BCUT2D eigenvalue weighted by molar-refractivity contribution is 6.15.